The van der Waals surface area contributed by atoms with Crippen LogP contribution in [0.4, 0.5) is 21.9 Å². The Hall–Kier alpha value is -2.54. The third-order valence-electron chi connectivity index (χ3n) is 5.22. The molecule has 3 rings (SSSR count). The highest BCUT2D eigenvalue weighted by atomic mass is 79.9. The van der Waals surface area contributed by atoms with Crippen molar-refractivity contribution in [2.45, 2.75) is 32.6 Å². The fourth-order valence-electron chi connectivity index (χ4n) is 3.48. The minimum atomic E-state index is -0.278. The molecule has 2 aromatic rings. The summed E-state index contributed by atoms with van der Waals surface area (Å²) in [6, 6.07) is 15.0. The fraction of sp³-hybridized carbons (Fsp3) is 0.391. The van der Waals surface area contributed by atoms with Gasteiger partial charge in [0.2, 0.25) is 5.91 Å². The van der Waals surface area contributed by atoms with Crippen molar-refractivity contribution in [3.63, 3.8) is 0 Å². The average molecular weight is 473 g/mol. The molecule has 6 nitrogen and oxygen atoms in total. The van der Waals surface area contributed by atoms with Crippen molar-refractivity contribution in [3.8, 4) is 0 Å². The number of nitrogens with zero attached hydrogens (tertiary/aromatic N) is 2. The van der Waals surface area contributed by atoms with E-state index < -0.39 is 0 Å². The summed E-state index contributed by atoms with van der Waals surface area (Å²) in [7, 11) is 0. The van der Waals surface area contributed by atoms with E-state index in [4.69, 9.17) is 0 Å². The molecule has 0 saturated carbocycles. The van der Waals surface area contributed by atoms with Crippen LogP contribution in [-0.4, -0.2) is 43.0 Å². The number of hydrogen-bond donors (Lipinski definition) is 2. The quantitative estimate of drug-likeness (QED) is 0.535. The van der Waals surface area contributed by atoms with Gasteiger partial charge in [-0.1, -0.05) is 35.7 Å². The second kappa shape index (κ2) is 11.0. The summed E-state index contributed by atoms with van der Waals surface area (Å²) in [5, 5.41) is 5.66. The van der Waals surface area contributed by atoms with Crippen LogP contribution in [0, 0.1) is 0 Å². The summed E-state index contributed by atoms with van der Waals surface area (Å²) in [6.07, 6.45) is 3.90. The molecular weight excluding hydrogens is 444 g/mol. The van der Waals surface area contributed by atoms with Crippen molar-refractivity contribution in [1.82, 2.24) is 4.90 Å². The van der Waals surface area contributed by atoms with Crippen LogP contribution in [-0.2, 0) is 4.79 Å². The maximum atomic E-state index is 12.3. The number of urea groups is 1. The molecule has 0 aromatic heterocycles. The van der Waals surface area contributed by atoms with Gasteiger partial charge in [-0.05, 0) is 55.0 Å². The lowest BCUT2D eigenvalue weighted by atomic mass is 10.1. The zero-order valence-electron chi connectivity index (χ0n) is 17.4. The van der Waals surface area contributed by atoms with Gasteiger partial charge in [0.25, 0.3) is 0 Å². The standard InChI is InChI=1S/C23H29BrN4O2/c1-2-3-4-5-22(29)28-16-14-27(15-17-28)21-12-10-20(11-13-21)26-23(30)25-19-8-6-18(24)7-9-19/h6-13H,2-5,14-17H2,1H3,(H2,25,26,30). The first-order valence-corrected chi connectivity index (χ1v) is 11.3. The summed E-state index contributed by atoms with van der Waals surface area (Å²) < 4.78 is 0.964. The van der Waals surface area contributed by atoms with Gasteiger partial charge in [0.05, 0.1) is 0 Å². The van der Waals surface area contributed by atoms with Crippen molar-refractivity contribution in [1.29, 1.82) is 0 Å². The molecule has 7 heteroatoms. The Balaban J connectivity index is 1.46. The topological polar surface area (TPSA) is 64.7 Å². The van der Waals surface area contributed by atoms with Gasteiger partial charge in [-0.15, -0.1) is 0 Å². The van der Waals surface area contributed by atoms with Gasteiger partial charge in [0.1, 0.15) is 0 Å². The zero-order valence-corrected chi connectivity index (χ0v) is 19.0. The Bertz CT molecular complexity index is 831. The first kappa shape index (κ1) is 22.2. The Morgan fingerprint density at radius 2 is 1.43 bits per heavy atom. The molecule has 1 saturated heterocycles. The predicted molar refractivity (Wildman–Crippen MR) is 126 cm³/mol. The molecule has 1 aliphatic rings. The summed E-state index contributed by atoms with van der Waals surface area (Å²) >= 11 is 3.38. The number of carbonyl (C=O) groups is 2. The second-order valence-electron chi connectivity index (χ2n) is 7.46. The third kappa shape index (κ3) is 6.49. The van der Waals surface area contributed by atoms with Gasteiger partial charge in [-0.25, -0.2) is 4.79 Å². The normalized spacial score (nSPS) is 13.8. The monoisotopic (exact) mass is 472 g/mol. The van der Waals surface area contributed by atoms with Gasteiger partial charge in [0, 0.05) is 54.1 Å². The van der Waals surface area contributed by atoms with Crippen molar-refractivity contribution < 1.29 is 9.59 Å². The minimum Gasteiger partial charge on any atom is -0.368 e. The highest BCUT2D eigenvalue weighted by Gasteiger charge is 2.20. The number of benzene rings is 2. The highest BCUT2D eigenvalue weighted by molar-refractivity contribution is 9.10. The number of rotatable bonds is 7. The third-order valence-corrected chi connectivity index (χ3v) is 5.75. The fourth-order valence-corrected chi connectivity index (χ4v) is 3.74. The Labute approximate surface area is 186 Å². The molecule has 0 bridgehead atoms. The zero-order chi connectivity index (χ0) is 21.3. The van der Waals surface area contributed by atoms with Gasteiger partial charge in [-0.2, -0.15) is 0 Å². The van der Waals surface area contributed by atoms with Crippen LogP contribution in [0.1, 0.15) is 32.6 Å². The molecule has 2 aromatic carbocycles. The van der Waals surface area contributed by atoms with E-state index in [1.165, 1.54) is 0 Å². The molecule has 30 heavy (non-hydrogen) atoms. The van der Waals surface area contributed by atoms with Crippen molar-refractivity contribution in [3.05, 3.63) is 53.0 Å². The maximum absolute atomic E-state index is 12.3. The lowest BCUT2D eigenvalue weighted by Crippen LogP contribution is -2.48. The van der Waals surface area contributed by atoms with Crippen LogP contribution in [0.3, 0.4) is 0 Å². The largest absolute Gasteiger partial charge is 0.368 e. The SMILES string of the molecule is CCCCCC(=O)N1CCN(c2ccc(NC(=O)Nc3ccc(Br)cc3)cc2)CC1. The number of hydrogen-bond acceptors (Lipinski definition) is 3. The number of anilines is 3. The van der Waals surface area contributed by atoms with Crippen LogP contribution in [0.5, 0.6) is 0 Å². The molecule has 0 atom stereocenters. The maximum Gasteiger partial charge on any atom is 0.323 e. The molecule has 1 aliphatic heterocycles. The van der Waals surface area contributed by atoms with Crippen LogP contribution in [0.2, 0.25) is 0 Å². The van der Waals surface area contributed by atoms with Crippen LogP contribution in [0.15, 0.2) is 53.0 Å². The van der Waals surface area contributed by atoms with E-state index >= 15 is 0 Å². The molecule has 3 amide bonds. The number of carbonyl (C=O) groups excluding carboxylic acids is 2. The molecule has 2 N–H and O–H groups in total. The molecule has 0 unspecified atom stereocenters. The molecule has 0 radical (unpaired) electrons. The van der Waals surface area contributed by atoms with E-state index in [9.17, 15) is 9.59 Å². The smallest absolute Gasteiger partial charge is 0.323 e. The van der Waals surface area contributed by atoms with E-state index in [1.54, 1.807) is 0 Å². The predicted octanol–water partition coefficient (Wildman–Crippen LogP) is 5.32. The summed E-state index contributed by atoms with van der Waals surface area (Å²) in [4.78, 5) is 28.7. The Morgan fingerprint density at radius 1 is 0.867 bits per heavy atom. The van der Waals surface area contributed by atoms with Crippen LogP contribution < -0.4 is 15.5 Å². The van der Waals surface area contributed by atoms with E-state index in [-0.39, 0.29) is 11.9 Å². The summed E-state index contributed by atoms with van der Waals surface area (Å²) in [5.41, 5.74) is 2.57. The lowest BCUT2D eigenvalue weighted by Gasteiger charge is -2.36. The van der Waals surface area contributed by atoms with Crippen molar-refractivity contribution >= 4 is 44.9 Å². The molecule has 0 spiro atoms. The highest BCUT2D eigenvalue weighted by Crippen LogP contribution is 2.20. The second-order valence-corrected chi connectivity index (χ2v) is 8.37. The summed E-state index contributed by atoms with van der Waals surface area (Å²) in [6.45, 7) is 5.34. The first-order chi connectivity index (χ1) is 14.5. The lowest BCUT2D eigenvalue weighted by molar-refractivity contribution is -0.131. The molecule has 0 aliphatic carbocycles. The number of nitrogens with one attached hydrogen (secondary N) is 2. The number of amides is 3. The molecule has 160 valence electrons. The Kier molecular flexibility index (Phi) is 8.13. The van der Waals surface area contributed by atoms with E-state index in [1.807, 2.05) is 53.4 Å². The van der Waals surface area contributed by atoms with E-state index in [0.717, 1.165) is 67.0 Å². The van der Waals surface area contributed by atoms with Gasteiger partial charge in [-0.3, -0.25) is 4.79 Å². The van der Waals surface area contributed by atoms with Gasteiger partial charge >= 0.3 is 6.03 Å². The van der Waals surface area contributed by atoms with Crippen LogP contribution in [0.25, 0.3) is 0 Å². The van der Waals surface area contributed by atoms with Crippen molar-refractivity contribution in [2.75, 3.05) is 41.7 Å². The number of unbranched alkanes of at least 4 members (excludes halogenated alkanes) is 2. The number of piperazine rings is 1. The first-order valence-electron chi connectivity index (χ1n) is 10.5. The Morgan fingerprint density at radius 3 is 2.00 bits per heavy atom. The molecule has 1 heterocycles. The summed E-state index contributed by atoms with van der Waals surface area (Å²) in [5.74, 6) is 0.277. The average Bonchev–Trinajstić information content (AvgIpc) is 2.76. The minimum absolute atomic E-state index is 0.277. The van der Waals surface area contributed by atoms with Gasteiger partial charge in [0.15, 0.2) is 0 Å². The molecular formula is C23H29BrN4O2. The van der Waals surface area contributed by atoms with Crippen molar-refractivity contribution in [2.24, 2.45) is 0 Å². The van der Waals surface area contributed by atoms with Gasteiger partial charge < -0.3 is 20.4 Å². The van der Waals surface area contributed by atoms with E-state index in [0.29, 0.717) is 6.42 Å². The van der Waals surface area contributed by atoms with Crippen LogP contribution >= 0.6 is 15.9 Å². The van der Waals surface area contributed by atoms with E-state index in [2.05, 4.69) is 38.4 Å². The molecule has 1 fully saturated rings. The number of halogens is 1.